The van der Waals surface area contributed by atoms with Crippen molar-refractivity contribution in [3.8, 4) is 11.5 Å². The van der Waals surface area contributed by atoms with Gasteiger partial charge in [-0.1, -0.05) is 0 Å². The summed E-state index contributed by atoms with van der Waals surface area (Å²) in [6, 6.07) is 3.20. The van der Waals surface area contributed by atoms with Gasteiger partial charge in [-0.2, -0.15) is 0 Å². The molecule has 0 fully saturated rings. The van der Waals surface area contributed by atoms with Crippen molar-refractivity contribution >= 4 is 16.9 Å². The van der Waals surface area contributed by atoms with E-state index in [1.165, 1.54) is 18.8 Å². The van der Waals surface area contributed by atoms with E-state index in [0.717, 1.165) is 0 Å². The number of anilines is 1. The molecule has 0 saturated heterocycles. The molecule has 0 radical (unpaired) electrons. The molecule has 1 aromatic heterocycles. The number of nitrogens with one attached hydrogen (secondary N) is 1. The van der Waals surface area contributed by atoms with Crippen LogP contribution in [0.4, 0.5) is 5.95 Å². The van der Waals surface area contributed by atoms with Crippen molar-refractivity contribution in [2.75, 3.05) is 26.3 Å². The molecule has 8 heteroatoms. The zero-order valence-electron chi connectivity index (χ0n) is 11.9. The molecule has 0 saturated carbocycles. The number of rotatable bonds is 6. The number of methoxy groups -OCH3 is 2. The normalized spacial score (nSPS) is 10.7. The first-order chi connectivity index (χ1) is 10.2. The molecule has 0 atom stereocenters. The minimum atomic E-state index is -0.262. The third-order valence-corrected chi connectivity index (χ3v) is 3.13. The van der Waals surface area contributed by atoms with Gasteiger partial charge in [0.1, 0.15) is 0 Å². The highest BCUT2D eigenvalue weighted by atomic mass is 16.5. The SMILES string of the molecule is COc1cc2nc(NN)n(CCCO)c(=O)c2cc1OC. The Morgan fingerprint density at radius 2 is 2.00 bits per heavy atom. The monoisotopic (exact) mass is 294 g/mol. The van der Waals surface area contributed by atoms with Crippen LogP contribution in [0.3, 0.4) is 0 Å². The van der Waals surface area contributed by atoms with E-state index in [1.54, 1.807) is 12.1 Å². The van der Waals surface area contributed by atoms with E-state index in [9.17, 15) is 4.79 Å². The summed E-state index contributed by atoms with van der Waals surface area (Å²) in [6.07, 6.45) is 0.426. The number of hydrogen-bond acceptors (Lipinski definition) is 7. The van der Waals surface area contributed by atoms with Crippen LogP contribution < -0.4 is 26.3 Å². The number of aliphatic hydroxyl groups is 1. The summed E-state index contributed by atoms with van der Waals surface area (Å²) in [5, 5.41) is 9.31. The van der Waals surface area contributed by atoms with Gasteiger partial charge in [0.05, 0.1) is 25.1 Å². The summed E-state index contributed by atoms with van der Waals surface area (Å²) < 4.78 is 11.8. The smallest absolute Gasteiger partial charge is 0.262 e. The Morgan fingerprint density at radius 3 is 2.57 bits per heavy atom. The Bertz CT molecular complexity index is 699. The van der Waals surface area contributed by atoms with Crippen LogP contribution in [0.15, 0.2) is 16.9 Å². The Hall–Kier alpha value is -2.32. The zero-order valence-corrected chi connectivity index (χ0v) is 11.9. The van der Waals surface area contributed by atoms with Crippen LogP contribution >= 0.6 is 0 Å². The van der Waals surface area contributed by atoms with E-state index in [-0.39, 0.29) is 18.1 Å². The number of nitrogens with two attached hydrogens (primary N) is 1. The van der Waals surface area contributed by atoms with Gasteiger partial charge in [0.2, 0.25) is 5.95 Å². The summed E-state index contributed by atoms with van der Waals surface area (Å²) in [4.78, 5) is 16.8. The largest absolute Gasteiger partial charge is 0.493 e. The summed E-state index contributed by atoms with van der Waals surface area (Å²) in [5.74, 6) is 6.58. The molecule has 1 heterocycles. The average molecular weight is 294 g/mol. The predicted octanol–water partition coefficient (Wildman–Crippen LogP) is 0.0817. The third-order valence-electron chi connectivity index (χ3n) is 3.13. The number of aromatic nitrogens is 2. The first-order valence-electron chi connectivity index (χ1n) is 6.40. The van der Waals surface area contributed by atoms with Crippen molar-refractivity contribution in [1.82, 2.24) is 9.55 Å². The molecule has 0 unspecified atom stereocenters. The average Bonchev–Trinajstić information content (AvgIpc) is 2.52. The van der Waals surface area contributed by atoms with Crippen molar-refractivity contribution < 1.29 is 14.6 Å². The molecule has 0 aliphatic carbocycles. The Balaban J connectivity index is 2.71. The lowest BCUT2D eigenvalue weighted by atomic mass is 10.2. The maximum atomic E-state index is 12.5. The van der Waals surface area contributed by atoms with Gasteiger partial charge in [-0.05, 0) is 12.5 Å². The Kier molecular flexibility index (Phi) is 4.61. The highest BCUT2D eigenvalue weighted by Crippen LogP contribution is 2.30. The number of hydrogen-bond donors (Lipinski definition) is 3. The molecule has 0 spiro atoms. The van der Waals surface area contributed by atoms with E-state index in [1.807, 2.05) is 0 Å². The minimum absolute atomic E-state index is 0.0274. The number of ether oxygens (including phenoxy) is 2. The van der Waals surface area contributed by atoms with Crippen molar-refractivity contribution in [1.29, 1.82) is 0 Å². The topological polar surface area (TPSA) is 112 Å². The van der Waals surface area contributed by atoms with Crippen LogP contribution in [0, 0.1) is 0 Å². The van der Waals surface area contributed by atoms with Gasteiger partial charge in [-0.15, -0.1) is 0 Å². The lowest BCUT2D eigenvalue weighted by molar-refractivity contribution is 0.279. The number of nitrogens with zero attached hydrogens (tertiary/aromatic N) is 2. The fraction of sp³-hybridized carbons (Fsp3) is 0.385. The van der Waals surface area contributed by atoms with Crippen molar-refractivity contribution in [2.24, 2.45) is 5.84 Å². The van der Waals surface area contributed by atoms with Gasteiger partial charge in [0.25, 0.3) is 5.56 Å². The van der Waals surface area contributed by atoms with Crippen LogP contribution in [0.5, 0.6) is 11.5 Å². The van der Waals surface area contributed by atoms with E-state index < -0.39 is 0 Å². The van der Waals surface area contributed by atoms with Crippen molar-refractivity contribution in [3.63, 3.8) is 0 Å². The van der Waals surface area contributed by atoms with Gasteiger partial charge >= 0.3 is 0 Å². The van der Waals surface area contributed by atoms with Crippen LogP contribution in [0.25, 0.3) is 10.9 Å². The van der Waals surface area contributed by atoms with Crippen LogP contribution in [-0.4, -0.2) is 35.5 Å². The van der Waals surface area contributed by atoms with Gasteiger partial charge < -0.3 is 14.6 Å². The molecule has 21 heavy (non-hydrogen) atoms. The summed E-state index contributed by atoms with van der Waals surface area (Å²) >= 11 is 0. The standard InChI is InChI=1S/C13H18N4O4/c1-20-10-6-8-9(7-11(10)21-2)15-13(16-14)17(12(8)19)4-3-5-18/h6-7,18H,3-5,14H2,1-2H3,(H,15,16). The molecule has 0 amide bonds. The number of fused-ring (bicyclic) bond motifs is 1. The second kappa shape index (κ2) is 6.42. The molecular weight excluding hydrogens is 276 g/mol. The molecule has 2 aromatic rings. The fourth-order valence-corrected chi connectivity index (χ4v) is 2.09. The van der Waals surface area contributed by atoms with Crippen molar-refractivity contribution in [3.05, 3.63) is 22.5 Å². The molecule has 114 valence electrons. The van der Waals surface area contributed by atoms with Gasteiger partial charge in [0.15, 0.2) is 11.5 Å². The molecule has 1 aromatic carbocycles. The number of aliphatic hydroxyl groups excluding tert-OH is 1. The predicted molar refractivity (Wildman–Crippen MR) is 78.6 cm³/mol. The van der Waals surface area contributed by atoms with Gasteiger partial charge in [-0.3, -0.25) is 14.8 Å². The van der Waals surface area contributed by atoms with E-state index in [4.69, 9.17) is 20.4 Å². The molecule has 4 N–H and O–H groups in total. The van der Waals surface area contributed by atoms with Gasteiger partial charge in [-0.25, -0.2) is 10.8 Å². The highest BCUT2D eigenvalue weighted by Gasteiger charge is 2.14. The molecule has 8 nitrogen and oxygen atoms in total. The van der Waals surface area contributed by atoms with Gasteiger partial charge in [0, 0.05) is 19.2 Å². The van der Waals surface area contributed by atoms with Crippen LogP contribution in [0.1, 0.15) is 6.42 Å². The molecular formula is C13H18N4O4. The second-order valence-electron chi connectivity index (χ2n) is 4.34. The van der Waals surface area contributed by atoms with Crippen LogP contribution in [0.2, 0.25) is 0 Å². The second-order valence-corrected chi connectivity index (χ2v) is 4.34. The maximum absolute atomic E-state index is 12.5. The fourth-order valence-electron chi connectivity index (χ4n) is 2.09. The van der Waals surface area contributed by atoms with E-state index in [0.29, 0.717) is 35.4 Å². The molecule has 0 bridgehead atoms. The molecule has 0 aliphatic rings. The lowest BCUT2D eigenvalue weighted by Gasteiger charge is -2.14. The zero-order chi connectivity index (χ0) is 15.4. The van der Waals surface area contributed by atoms with Crippen molar-refractivity contribution in [2.45, 2.75) is 13.0 Å². The first kappa shape index (κ1) is 15.1. The molecule has 2 rings (SSSR count). The van der Waals surface area contributed by atoms with Crippen LogP contribution in [-0.2, 0) is 6.54 Å². The Labute approximate surface area is 121 Å². The molecule has 0 aliphatic heterocycles. The lowest BCUT2D eigenvalue weighted by Crippen LogP contribution is -2.27. The third kappa shape index (κ3) is 2.76. The first-order valence-corrected chi connectivity index (χ1v) is 6.40. The summed E-state index contributed by atoms with van der Waals surface area (Å²) in [7, 11) is 3.01. The number of hydrazine groups is 1. The Morgan fingerprint density at radius 1 is 1.33 bits per heavy atom. The number of nitrogen functional groups attached to an aromatic ring is 1. The minimum Gasteiger partial charge on any atom is -0.493 e. The maximum Gasteiger partial charge on any atom is 0.262 e. The van der Waals surface area contributed by atoms with E-state index >= 15 is 0 Å². The number of benzene rings is 1. The summed E-state index contributed by atoms with van der Waals surface area (Å²) in [5.41, 5.74) is 2.59. The quantitative estimate of drug-likeness (QED) is 0.511. The van der Waals surface area contributed by atoms with E-state index in [2.05, 4.69) is 10.4 Å². The highest BCUT2D eigenvalue weighted by molar-refractivity contribution is 5.82. The summed E-state index contributed by atoms with van der Waals surface area (Å²) in [6.45, 7) is 0.284.